The van der Waals surface area contributed by atoms with Crippen molar-refractivity contribution < 1.29 is 9.53 Å². The fourth-order valence-corrected chi connectivity index (χ4v) is 2.66. The Morgan fingerprint density at radius 2 is 2.00 bits per heavy atom. The molecule has 0 aromatic heterocycles. The lowest BCUT2D eigenvalue weighted by Gasteiger charge is -2.32. The van der Waals surface area contributed by atoms with Crippen LogP contribution in [0.3, 0.4) is 0 Å². The lowest BCUT2D eigenvalue weighted by molar-refractivity contribution is 0.0197. The van der Waals surface area contributed by atoms with Crippen molar-refractivity contribution in [3.63, 3.8) is 0 Å². The van der Waals surface area contributed by atoms with Crippen LogP contribution < -0.4 is 0 Å². The van der Waals surface area contributed by atoms with Crippen LogP contribution in [0, 0.1) is 5.92 Å². The van der Waals surface area contributed by atoms with Gasteiger partial charge in [-0.25, -0.2) is 4.79 Å². The molecule has 1 amide bonds. The average Bonchev–Trinajstić information content (AvgIpc) is 2.44. The van der Waals surface area contributed by atoms with Crippen molar-refractivity contribution in [2.24, 2.45) is 5.92 Å². The molecule has 1 aliphatic heterocycles. The Morgan fingerprint density at radius 1 is 1.32 bits per heavy atom. The van der Waals surface area contributed by atoms with Gasteiger partial charge in [-0.15, -0.1) is 0 Å². The standard InChI is InChI=1S/C18H24ClNO2/c1-18(2,3)22-17(21)20-11-9-14(10-12-20)7-8-15-5-4-6-16(19)13-15/h4-8,13-14H,9-12H2,1-3H3. The Balaban J connectivity index is 1.83. The summed E-state index contributed by atoms with van der Waals surface area (Å²) in [5.41, 5.74) is 0.683. The smallest absolute Gasteiger partial charge is 0.410 e. The van der Waals surface area contributed by atoms with Gasteiger partial charge in [0, 0.05) is 18.1 Å². The van der Waals surface area contributed by atoms with Crippen molar-refractivity contribution in [1.29, 1.82) is 0 Å². The summed E-state index contributed by atoms with van der Waals surface area (Å²) < 4.78 is 5.41. The summed E-state index contributed by atoms with van der Waals surface area (Å²) in [6.07, 6.45) is 6.06. The van der Waals surface area contributed by atoms with E-state index in [1.807, 2.05) is 45.0 Å². The van der Waals surface area contributed by atoms with Gasteiger partial charge < -0.3 is 9.64 Å². The molecule has 120 valence electrons. The van der Waals surface area contributed by atoms with E-state index in [0.29, 0.717) is 5.92 Å². The molecule has 0 atom stereocenters. The number of amides is 1. The number of halogens is 1. The van der Waals surface area contributed by atoms with Gasteiger partial charge in [0.25, 0.3) is 0 Å². The Morgan fingerprint density at radius 3 is 2.59 bits per heavy atom. The van der Waals surface area contributed by atoms with E-state index in [0.717, 1.165) is 36.5 Å². The van der Waals surface area contributed by atoms with Crippen LogP contribution in [0.15, 0.2) is 30.3 Å². The van der Waals surface area contributed by atoms with Gasteiger partial charge in [0.05, 0.1) is 0 Å². The van der Waals surface area contributed by atoms with Crippen LogP contribution >= 0.6 is 11.6 Å². The highest BCUT2D eigenvalue weighted by Gasteiger charge is 2.25. The van der Waals surface area contributed by atoms with Crippen molar-refractivity contribution in [2.45, 2.75) is 39.2 Å². The van der Waals surface area contributed by atoms with E-state index in [1.165, 1.54) is 0 Å². The maximum atomic E-state index is 12.0. The average molecular weight is 322 g/mol. The number of allylic oxidation sites excluding steroid dienone is 1. The van der Waals surface area contributed by atoms with Crippen LogP contribution in [0.1, 0.15) is 39.2 Å². The lowest BCUT2D eigenvalue weighted by atomic mass is 9.96. The second-order valence-electron chi connectivity index (χ2n) is 6.72. The molecule has 0 saturated carbocycles. The van der Waals surface area contributed by atoms with E-state index < -0.39 is 5.60 Å². The molecule has 0 unspecified atom stereocenters. The molecule has 2 rings (SSSR count). The van der Waals surface area contributed by atoms with Crippen molar-refractivity contribution in [2.75, 3.05) is 13.1 Å². The normalized spacial score (nSPS) is 17.0. The van der Waals surface area contributed by atoms with Gasteiger partial charge in [-0.3, -0.25) is 0 Å². The van der Waals surface area contributed by atoms with Crippen molar-refractivity contribution in [3.8, 4) is 0 Å². The third-order valence-corrected chi connectivity index (χ3v) is 3.84. The lowest BCUT2D eigenvalue weighted by Crippen LogP contribution is -2.41. The van der Waals surface area contributed by atoms with Crippen LogP contribution in [0.5, 0.6) is 0 Å². The molecule has 0 bridgehead atoms. The molecule has 1 aliphatic rings. The molecule has 1 aromatic rings. The molecular formula is C18H24ClNO2. The highest BCUT2D eigenvalue weighted by molar-refractivity contribution is 6.30. The van der Waals surface area contributed by atoms with Crippen LogP contribution in [-0.2, 0) is 4.74 Å². The molecule has 22 heavy (non-hydrogen) atoms. The monoisotopic (exact) mass is 321 g/mol. The first-order valence-corrected chi connectivity index (χ1v) is 8.13. The zero-order valence-corrected chi connectivity index (χ0v) is 14.3. The second kappa shape index (κ2) is 7.19. The summed E-state index contributed by atoms with van der Waals surface area (Å²) in [4.78, 5) is 13.8. The molecule has 3 nitrogen and oxygen atoms in total. The number of likely N-dealkylation sites (tertiary alicyclic amines) is 1. The second-order valence-corrected chi connectivity index (χ2v) is 7.16. The molecule has 1 fully saturated rings. The first kappa shape index (κ1) is 16.9. The summed E-state index contributed by atoms with van der Waals surface area (Å²) in [5, 5.41) is 0.752. The highest BCUT2D eigenvalue weighted by Crippen LogP contribution is 2.22. The van der Waals surface area contributed by atoms with E-state index in [1.54, 1.807) is 4.90 Å². The Labute approximate surface area is 137 Å². The third-order valence-electron chi connectivity index (χ3n) is 3.60. The summed E-state index contributed by atoms with van der Waals surface area (Å²) in [7, 11) is 0. The summed E-state index contributed by atoms with van der Waals surface area (Å²) in [5.74, 6) is 0.498. The fraction of sp³-hybridized carbons (Fsp3) is 0.500. The minimum Gasteiger partial charge on any atom is -0.444 e. The van der Waals surface area contributed by atoms with Crippen LogP contribution in [-0.4, -0.2) is 29.7 Å². The minimum atomic E-state index is -0.430. The van der Waals surface area contributed by atoms with Gasteiger partial charge in [0.1, 0.15) is 5.60 Å². The number of rotatable bonds is 2. The molecule has 0 radical (unpaired) electrons. The Kier molecular flexibility index (Phi) is 5.52. The van der Waals surface area contributed by atoms with Crippen molar-refractivity contribution in [3.05, 3.63) is 40.9 Å². The maximum Gasteiger partial charge on any atom is 0.410 e. The number of carbonyl (C=O) groups is 1. The van der Waals surface area contributed by atoms with E-state index in [9.17, 15) is 4.79 Å². The minimum absolute atomic E-state index is 0.204. The zero-order chi connectivity index (χ0) is 16.2. The van der Waals surface area contributed by atoms with Crippen LogP contribution in [0.25, 0.3) is 6.08 Å². The van der Waals surface area contributed by atoms with Gasteiger partial charge in [-0.05, 0) is 57.2 Å². The predicted molar refractivity (Wildman–Crippen MR) is 91.0 cm³/mol. The first-order valence-electron chi connectivity index (χ1n) is 7.75. The number of nitrogens with zero attached hydrogens (tertiary/aromatic N) is 1. The molecular weight excluding hydrogens is 298 g/mol. The number of hydrogen-bond donors (Lipinski definition) is 0. The van der Waals surface area contributed by atoms with Crippen molar-refractivity contribution >= 4 is 23.8 Å². The number of carbonyl (C=O) groups excluding carboxylic acids is 1. The molecule has 0 aliphatic carbocycles. The van der Waals surface area contributed by atoms with Gasteiger partial charge >= 0.3 is 6.09 Å². The summed E-state index contributed by atoms with van der Waals surface area (Å²) in [6, 6.07) is 7.82. The number of hydrogen-bond acceptors (Lipinski definition) is 2. The van der Waals surface area contributed by atoms with Gasteiger partial charge in [-0.2, -0.15) is 0 Å². The quantitative estimate of drug-likeness (QED) is 0.767. The van der Waals surface area contributed by atoms with Crippen molar-refractivity contribution in [1.82, 2.24) is 4.90 Å². The van der Waals surface area contributed by atoms with Gasteiger partial charge in [0.15, 0.2) is 0 Å². The predicted octanol–water partition coefficient (Wildman–Crippen LogP) is 5.00. The largest absolute Gasteiger partial charge is 0.444 e. The fourth-order valence-electron chi connectivity index (χ4n) is 2.46. The number of benzene rings is 1. The van der Waals surface area contributed by atoms with E-state index in [2.05, 4.69) is 12.2 Å². The van der Waals surface area contributed by atoms with Crippen LogP contribution in [0.2, 0.25) is 5.02 Å². The Hall–Kier alpha value is -1.48. The van der Waals surface area contributed by atoms with E-state index in [-0.39, 0.29) is 6.09 Å². The van der Waals surface area contributed by atoms with Gasteiger partial charge in [0.2, 0.25) is 0 Å². The topological polar surface area (TPSA) is 29.5 Å². The summed E-state index contributed by atoms with van der Waals surface area (Å²) in [6.45, 7) is 7.18. The number of ether oxygens (including phenoxy) is 1. The highest BCUT2D eigenvalue weighted by atomic mass is 35.5. The van der Waals surface area contributed by atoms with E-state index >= 15 is 0 Å². The molecule has 0 spiro atoms. The number of piperidine rings is 1. The van der Waals surface area contributed by atoms with Crippen LogP contribution in [0.4, 0.5) is 4.79 Å². The SMILES string of the molecule is CC(C)(C)OC(=O)N1CCC(C=Cc2cccc(Cl)c2)CC1. The first-order chi connectivity index (χ1) is 10.3. The Bertz CT molecular complexity index is 540. The van der Waals surface area contributed by atoms with E-state index in [4.69, 9.17) is 16.3 Å². The zero-order valence-electron chi connectivity index (χ0n) is 13.5. The molecule has 1 saturated heterocycles. The molecule has 1 heterocycles. The maximum absolute atomic E-state index is 12.0. The summed E-state index contributed by atoms with van der Waals surface area (Å²) >= 11 is 5.98. The third kappa shape index (κ3) is 5.38. The molecule has 1 aromatic carbocycles. The molecule has 4 heteroatoms. The molecule has 0 N–H and O–H groups in total. The van der Waals surface area contributed by atoms with Gasteiger partial charge in [-0.1, -0.05) is 35.9 Å².